The van der Waals surface area contributed by atoms with E-state index < -0.39 is 0 Å². The van der Waals surface area contributed by atoms with Gasteiger partial charge in [-0.15, -0.1) is 0 Å². The van der Waals surface area contributed by atoms with Crippen molar-refractivity contribution in [3.63, 3.8) is 0 Å². The zero-order chi connectivity index (χ0) is 18.6. The summed E-state index contributed by atoms with van der Waals surface area (Å²) < 4.78 is 15.4. The van der Waals surface area contributed by atoms with E-state index in [9.17, 15) is 4.39 Å². The second-order valence-electron chi connectivity index (χ2n) is 7.04. The SMILES string of the molecule is OCCN1CCC(=Cc2nc3ccccc3n2Cc2ccc(F)cc2)CC1. The van der Waals surface area contributed by atoms with Crippen LogP contribution in [0, 0.1) is 5.82 Å². The zero-order valence-corrected chi connectivity index (χ0v) is 15.3. The molecule has 0 bridgehead atoms. The molecule has 2 aromatic carbocycles. The molecular formula is C22H24FN3O. The number of hydrogen-bond donors (Lipinski definition) is 1. The van der Waals surface area contributed by atoms with E-state index >= 15 is 0 Å². The molecule has 1 aliphatic rings. The molecule has 0 spiro atoms. The first-order valence-electron chi connectivity index (χ1n) is 9.45. The average molecular weight is 365 g/mol. The van der Waals surface area contributed by atoms with Gasteiger partial charge in [0.15, 0.2) is 0 Å². The van der Waals surface area contributed by atoms with Gasteiger partial charge in [0.05, 0.1) is 17.6 Å². The molecule has 140 valence electrons. The van der Waals surface area contributed by atoms with Crippen LogP contribution in [0.25, 0.3) is 17.1 Å². The lowest BCUT2D eigenvalue weighted by atomic mass is 10.0. The summed E-state index contributed by atoms with van der Waals surface area (Å²) in [4.78, 5) is 7.13. The molecule has 0 radical (unpaired) electrons. The van der Waals surface area contributed by atoms with Crippen LogP contribution < -0.4 is 0 Å². The van der Waals surface area contributed by atoms with Gasteiger partial charge in [0.2, 0.25) is 0 Å². The summed E-state index contributed by atoms with van der Waals surface area (Å²) >= 11 is 0. The summed E-state index contributed by atoms with van der Waals surface area (Å²) in [7, 11) is 0. The summed E-state index contributed by atoms with van der Waals surface area (Å²) in [5.41, 5.74) is 4.51. The number of benzene rings is 2. The van der Waals surface area contributed by atoms with Gasteiger partial charge in [-0.25, -0.2) is 9.37 Å². The van der Waals surface area contributed by atoms with Gasteiger partial charge >= 0.3 is 0 Å². The molecule has 1 aromatic heterocycles. The molecule has 4 rings (SSSR count). The highest BCUT2D eigenvalue weighted by molar-refractivity contribution is 5.78. The Hall–Kier alpha value is -2.50. The van der Waals surface area contributed by atoms with Gasteiger partial charge in [-0.3, -0.25) is 0 Å². The van der Waals surface area contributed by atoms with Gasteiger partial charge in [-0.05, 0) is 48.7 Å². The standard InChI is InChI=1S/C22H24FN3O/c23-19-7-5-18(6-8-19)16-26-21-4-2-1-3-20(21)24-22(26)15-17-9-11-25(12-10-17)13-14-27/h1-8,15,27H,9-14,16H2. The third-order valence-corrected chi connectivity index (χ3v) is 5.19. The molecule has 4 nitrogen and oxygen atoms in total. The second kappa shape index (κ2) is 8.03. The van der Waals surface area contributed by atoms with E-state index in [0.717, 1.165) is 54.9 Å². The van der Waals surface area contributed by atoms with Crippen LogP contribution in [0.5, 0.6) is 0 Å². The number of aliphatic hydroxyl groups excluding tert-OH is 1. The molecule has 1 N–H and O–H groups in total. The Morgan fingerprint density at radius 2 is 1.78 bits per heavy atom. The molecule has 27 heavy (non-hydrogen) atoms. The van der Waals surface area contributed by atoms with Crippen LogP contribution in [-0.2, 0) is 6.54 Å². The van der Waals surface area contributed by atoms with E-state index in [0.29, 0.717) is 6.54 Å². The van der Waals surface area contributed by atoms with E-state index in [4.69, 9.17) is 10.1 Å². The van der Waals surface area contributed by atoms with E-state index in [2.05, 4.69) is 21.6 Å². The quantitative estimate of drug-likeness (QED) is 0.750. The first-order chi connectivity index (χ1) is 13.2. The second-order valence-corrected chi connectivity index (χ2v) is 7.04. The van der Waals surface area contributed by atoms with Crippen molar-refractivity contribution < 1.29 is 9.50 Å². The van der Waals surface area contributed by atoms with Gasteiger partial charge in [0.1, 0.15) is 11.6 Å². The Labute approximate surface area is 158 Å². The van der Waals surface area contributed by atoms with Crippen molar-refractivity contribution in [3.8, 4) is 0 Å². The Morgan fingerprint density at radius 1 is 1.04 bits per heavy atom. The largest absolute Gasteiger partial charge is 0.395 e. The van der Waals surface area contributed by atoms with Crippen LogP contribution in [0.2, 0.25) is 0 Å². The number of β-amino-alcohol motifs (C(OH)–C–C–N with tert-alkyl or cyclic N) is 1. The predicted molar refractivity (Wildman–Crippen MR) is 106 cm³/mol. The molecule has 1 aliphatic heterocycles. The van der Waals surface area contributed by atoms with Gasteiger partial charge in [0, 0.05) is 26.2 Å². The number of aliphatic hydroxyl groups is 1. The van der Waals surface area contributed by atoms with Crippen LogP contribution in [-0.4, -0.2) is 45.8 Å². The van der Waals surface area contributed by atoms with Crippen LogP contribution in [0.4, 0.5) is 4.39 Å². The lowest BCUT2D eigenvalue weighted by Crippen LogP contribution is -2.33. The zero-order valence-electron chi connectivity index (χ0n) is 15.3. The molecule has 0 unspecified atom stereocenters. The number of likely N-dealkylation sites (tertiary alicyclic amines) is 1. The molecule has 0 atom stereocenters. The highest BCUT2D eigenvalue weighted by Crippen LogP contribution is 2.23. The molecule has 1 fully saturated rings. The minimum atomic E-state index is -0.216. The Balaban J connectivity index is 1.64. The molecule has 3 aromatic rings. The fraction of sp³-hybridized carbons (Fsp3) is 0.318. The Kier molecular flexibility index (Phi) is 5.32. The van der Waals surface area contributed by atoms with Crippen molar-refractivity contribution in [2.45, 2.75) is 19.4 Å². The topological polar surface area (TPSA) is 41.3 Å². The van der Waals surface area contributed by atoms with Gasteiger partial charge in [-0.1, -0.05) is 29.8 Å². The summed E-state index contributed by atoms with van der Waals surface area (Å²) in [5, 5.41) is 9.10. The van der Waals surface area contributed by atoms with Crippen LogP contribution in [0.1, 0.15) is 24.2 Å². The number of fused-ring (bicyclic) bond motifs is 1. The predicted octanol–water partition coefficient (Wildman–Crippen LogP) is 3.70. The maximum atomic E-state index is 13.2. The number of hydrogen-bond acceptors (Lipinski definition) is 3. The lowest BCUT2D eigenvalue weighted by Gasteiger charge is -2.27. The number of rotatable bonds is 5. The minimum absolute atomic E-state index is 0.215. The number of halogens is 1. The smallest absolute Gasteiger partial charge is 0.134 e. The normalized spacial score (nSPS) is 15.4. The van der Waals surface area contributed by atoms with Crippen molar-refractivity contribution in [1.29, 1.82) is 0 Å². The molecule has 0 aliphatic carbocycles. The van der Waals surface area contributed by atoms with E-state index in [1.165, 1.54) is 17.7 Å². The summed E-state index contributed by atoms with van der Waals surface area (Å²) in [5.74, 6) is 0.734. The van der Waals surface area contributed by atoms with Crippen LogP contribution >= 0.6 is 0 Å². The molecule has 1 saturated heterocycles. The lowest BCUT2D eigenvalue weighted by molar-refractivity contribution is 0.187. The third kappa shape index (κ3) is 4.10. The van der Waals surface area contributed by atoms with E-state index in [1.807, 2.05) is 30.3 Å². The highest BCUT2D eigenvalue weighted by atomic mass is 19.1. The maximum absolute atomic E-state index is 13.2. The minimum Gasteiger partial charge on any atom is -0.395 e. The highest BCUT2D eigenvalue weighted by Gasteiger charge is 2.15. The van der Waals surface area contributed by atoms with Crippen LogP contribution in [0.3, 0.4) is 0 Å². The third-order valence-electron chi connectivity index (χ3n) is 5.19. The van der Waals surface area contributed by atoms with Gasteiger partial charge < -0.3 is 14.6 Å². The summed E-state index contributed by atoms with van der Waals surface area (Å²) in [6.45, 7) is 3.58. The summed E-state index contributed by atoms with van der Waals surface area (Å²) in [6, 6.07) is 14.8. The monoisotopic (exact) mass is 365 g/mol. The first-order valence-corrected chi connectivity index (χ1v) is 9.45. The van der Waals surface area contributed by atoms with Crippen molar-refractivity contribution >= 4 is 17.1 Å². The van der Waals surface area contributed by atoms with Crippen molar-refractivity contribution in [2.75, 3.05) is 26.2 Å². The molecule has 5 heteroatoms. The Bertz CT molecular complexity index is 936. The van der Waals surface area contributed by atoms with Crippen molar-refractivity contribution in [3.05, 3.63) is 71.3 Å². The molecular weight excluding hydrogens is 341 g/mol. The molecule has 0 saturated carbocycles. The van der Waals surface area contributed by atoms with Gasteiger partial charge in [0.25, 0.3) is 0 Å². The van der Waals surface area contributed by atoms with Crippen molar-refractivity contribution in [1.82, 2.24) is 14.5 Å². The first kappa shape index (κ1) is 17.9. The molecule has 2 heterocycles. The fourth-order valence-corrected chi connectivity index (χ4v) is 3.68. The number of nitrogens with zero attached hydrogens (tertiary/aromatic N) is 3. The average Bonchev–Trinajstić information content (AvgIpc) is 3.02. The maximum Gasteiger partial charge on any atom is 0.134 e. The van der Waals surface area contributed by atoms with Crippen molar-refractivity contribution in [2.24, 2.45) is 0 Å². The summed E-state index contributed by atoms with van der Waals surface area (Å²) in [6.07, 6.45) is 4.21. The van der Waals surface area contributed by atoms with Crippen LogP contribution in [0.15, 0.2) is 54.1 Å². The number of piperidine rings is 1. The number of para-hydroxylation sites is 2. The fourth-order valence-electron chi connectivity index (χ4n) is 3.68. The number of aromatic nitrogens is 2. The number of imidazole rings is 1. The van der Waals surface area contributed by atoms with E-state index in [-0.39, 0.29) is 12.4 Å². The molecule has 0 amide bonds. The van der Waals surface area contributed by atoms with E-state index in [1.54, 1.807) is 0 Å². The van der Waals surface area contributed by atoms with Gasteiger partial charge in [-0.2, -0.15) is 0 Å². The Morgan fingerprint density at radius 3 is 2.52 bits per heavy atom.